The van der Waals surface area contributed by atoms with Crippen LogP contribution in [0.4, 0.5) is 4.39 Å². The van der Waals surface area contributed by atoms with Gasteiger partial charge < -0.3 is 5.11 Å². The summed E-state index contributed by atoms with van der Waals surface area (Å²) >= 11 is 0. The van der Waals surface area contributed by atoms with E-state index in [0.717, 1.165) is 6.07 Å². The van der Waals surface area contributed by atoms with Crippen molar-refractivity contribution in [3.05, 3.63) is 59.4 Å². The lowest BCUT2D eigenvalue weighted by atomic mass is 9.99. The normalized spacial score (nSPS) is 9.78. The molecule has 1 N–H and O–H groups in total. The highest BCUT2D eigenvalue weighted by molar-refractivity contribution is 5.96. The summed E-state index contributed by atoms with van der Waals surface area (Å²) in [6.45, 7) is 0. The van der Waals surface area contributed by atoms with Gasteiger partial charge in [0.25, 0.3) is 0 Å². The van der Waals surface area contributed by atoms with E-state index < -0.39 is 11.8 Å². The molecule has 0 fully saturated rings. The van der Waals surface area contributed by atoms with Gasteiger partial charge in [0.15, 0.2) is 0 Å². The monoisotopic (exact) mass is 241 g/mol. The summed E-state index contributed by atoms with van der Waals surface area (Å²) in [5, 5.41) is 17.7. The van der Waals surface area contributed by atoms with Crippen LogP contribution in [0.3, 0.4) is 0 Å². The highest BCUT2D eigenvalue weighted by Gasteiger charge is 2.12. The van der Waals surface area contributed by atoms with Crippen molar-refractivity contribution >= 4 is 5.97 Å². The largest absolute Gasteiger partial charge is 0.478 e. The van der Waals surface area contributed by atoms with Gasteiger partial charge in [0.2, 0.25) is 0 Å². The third-order valence-electron chi connectivity index (χ3n) is 2.54. The number of carbonyl (C=O) groups is 1. The molecule has 0 bridgehead atoms. The predicted molar refractivity (Wildman–Crippen MR) is 63.5 cm³/mol. The average molecular weight is 241 g/mol. The first-order valence-electron chi connectivity index (χ1n) is 5.15. The van der Waals surface area contributed by atoms with Crippen LogP contribution >= 0.6 is 0 Å². The SMILES string of the molecule is N#Cc1ccc(-c2ccc(F)cc2C(=O)O)cc1. The maximum Gasteiger partial charge on any atom is 0.336 e. The van der Waals surface area contributed by atoms with Crippen LogP contribution in [0.1, 0.15) is 15.9 Å². The van der Waals surface area contributed by atoms with Gasteiger partial charge in [-0.15, -0.1) is 0 Å². The Morgan fingerprint density at radius 3 is 2.39 bits per heavy atom. The highest BCUT2D eigenvalue weighted by atomic mass is 19.1. The fourth-order valence-electron chi connectivity index (χ4n) is 1.67. The van der Waals surface area contributed by atoms with Crippen molar-refractivity contribution < 1.29 is 14.3 Å². The Hall–Kier alpha value is -2.67. The number of hydrogen-bond donors (Lipinski definition) is 1. The first-order chi connectivity index (χ1) is 8.61. The number of benzene rings is 2. The zero-order valence-corrected chi connectivity index (χ0v) is 9.22. The molecule has 0 aliphatic carbocycles. The van der Waals surface area contributed by atoms with Crippen molar-refractivity contribution in [2.75, 3.05) is 0 Å². The molecule has 18 heavy (non-hydrogen) atoms. The van der Waals surface area contributed by atoms with Gasteiger partial charge in [-0.2, -0.15) is 5.26 Å². The minimum absolute atomic E-state index is 0.0975. The Kier molecular flexibility index (Phi) is 3.07. The first-order valence-corrected chi connectivity index (χ1v) is 5.15. The minimum Gasteiger partial charge on any atom is -0.478 e. The fraction of sp³-hybridized carbons (Fsp3) is 0. The number of nitriles is 1. The van der Waals surface area contributed by atoms with E-state index >= 15 is 0 Å². The number of hydrogen-bond acceptors (Lipinski definition) is 2. The van der Waals surface area contributed by atoms with Crippen molar-refractivity contribution in [3.8, 4) is 17.2 Å². The summed E-state index contributed by atoms with van der Waals surface area (Å²) in [4.78, 5) is 11.1. The van der Waals surface area contributed by atoms with E-state index in [4.69, 9.17) is 10.4 Å². The zero-order valence-electron chi connectivity index (χ0n) is 9.22. The maximum atomic E-state index is 13.0. The Morgan fingerprint density at radius 1 is 1.17 bits per heavy atom. The summed E-state index contributed by atoms with van der Waals surface area (Å²) in [6, 6.07) is 12.0. The van der Waals surface area contributed by atoms with Gasteiger partial charge in [0.1, 0.15) is 5.82 Å². The molecule has 2 aromatic carbocycles. The number of nitrogens with zero attached hydrogens (tertiary/aromatic N) is 1. The molecule has 2 aromatic rings. The second-order valence-corrected chi connectivity index (χ2v) is 3.68. The third kappa shape index (κ3) is 2.20. The molecule has 0 unspecified atom stereocenters. The molecule has 0 saturated heterocycles. The van der Waals surface area contributed by atoms with Crippen LogP contribution < -0.4 is 0 Å². The minimum atomic E-state index is -1.19. The van der Waals surface area contributed by atoms with Crippen molar-refractivity contribution in [1.29, 1.82) is 5.26 Å². The maximum absolute atomic E-state index is 13.0. The second-order valence-electron chi connectivity index (χ2n) is 3.68. The lowest BCUT2D eigenvalue weighted by Crippen LogP contribution is -2.00. The number of halogens is 1. The molecular weight excluding hydrogens is 233 g/mol. The molecule has 0 saturated carbocycles. The summed E-state index contributed by atoms with van der Waals surface area (Å²) in [5.41, 5.74) is 1.44. The summed E-state index contributed by atoms with van der Waals surface area (Å²) in [5.74, 6) is -1.78. The molecule has 0 aliphatic rings. The van der Waals surface area contributed by atoms with E-state index in [1.54, 1.807) is 24.3 Å². The van der Waals surface area contributed by atoms with Gasteiger partial charge in [-0.1, -0.05) is 18.2 Å². The van der Waals surface area contributed by atoms with E-state index in [2.05, 4.69) is 0 Å². The smallest absolute Gasteiger partial charge is 0.336 e. The van der Waals surface area contributed by atoms with Crippen LogP contribution in [0.25, 0.3) is 11.1 Å². The molecule has 0 heterocycles. The van der Waals surface area contributed by atoms with Gasteiger partial charge in [-0.3, -0.25) is 0 Å². The topological polar surface area (TPSA) is 61.1 Å². The molecule has 0 spiro atoms. The van der Waals surface area contributed by atoms with Crippen LogP contribution in [-0.4, -0.2) is 11.1 Å². The van der Waals surface area contributed by atoms with Crippen molar-refractivity contribution in [2.45, 2.75) is 0 Å². The van der Waals surface area contributed by atoms with E-state index in [-0.39, 0.29) is 5.56 Å². The lowest BCUT2D eigenvalue weighted by Gasteiger charge is -2.06. The summed E-state index contributed by atoms with van der Waals surface area (Å²) in [7, 11) is 0. The van der Waals surface area contributed by atoms with Gasteiger partial charge in [-0.25, -0.2) is 9.18 Å². The third-order valence-corrected chi connectivity index (χ3v) is 2.54. The van der Waals surface area contributed by atoms with Gasteiger partial charge in [0.05, 0.1) is 17.2 Å². The van der Waals surface area contributed by atoms with Gasteiger partial charge in [-0.05, 0) is 35.4 Å². The van der Waals surface area contributed by atoms with Crippen LogP contribution in [0.2, 0.25) is 0 Å². The number of aromatic carboxylic acids is 1. The molecule has 0 atom stereocenters. The second kappa shape index (κ2) is 4.68. The van der Waals surface area contributed by atoms with E-state index in [1.165, 1.54) is 12.1 Å². The zero-order chi connectivity index (χ0) is 13.1. The Morgan fingerprint density at radius 2 is 1.83 bits per heavy atom. The molecule has 3 nitrogen and oxygen atoms in total. The van der Waals surface area contributed by atoms with Crippen LogP contribution in [-0.2, 0) is 0 Å². The number of carboxylic acids is 1. The number of rotatable bonds is 2. The van der Waals surface area contributed by atoms with Crippen molar-refractivity contribution in [3.63, 3.8) is 0 Å². The van der Waals surface area contributed by atoms with Gasteiger partial charge in [0, 0.05) is 0 Å². The van der Waals surface area contributed by atoms with E-state index in [1.807, 2.05) is 6.07 Å². The van der Waals surface area contributed by atoms with E-state index in [0.29, 0.717) is 16.7 Å². The predicted octanol–water partition coefficient (Wildman–Crippen LogP) is 3.06. The molecule has 2 rings (SSSR count). The van der Waals surface area contributed by atoms with Crippen LogP contribution in [0.5, 0.6) is 0 Å². The quantitative estimate of drug-likeness (QED) is 0.878. The standard InChI is InChI=1S/C14H8FNO2/c15-11-5-6-12(13(7-11)14(17)18)10-3-1-9(8-16)2-4-10/h1-7H,(H,17,18). The van der Waals surface area contributed by atoms with Crippen LogP contribution in [0, 0.1) is 17.1 Å². The molecule has 88 valence electrons. The summed E-state index contributed by atoms with van der Waals surface area (Å²) < 4.78 is 13.0. The molecule has 0 amide bonds. The molecule has 0 radical (unpaired) electrons. The molecular formula is C14H8FNO2. The number of carboxylic acid groups (broad SMARTS) is 1. The van der Waals surface area contributed by atoms with Crippen molar-refractivity contribution in [1.82, 2.24) is 0 Å². The molecule has 4 heteroatoms. The Balaban J connectivity index is 2.56. The Bertz CT molecular complexity index is 642. The first kappa shape index (κ1) is 11.8. The Labute approximate surface area is 103 Å². The lowest BCUT2D eigenvalue weighted by molar-refractivity contribution is 0.0697. The average Bonchev–Trinajstić information content (AvgIpc) is 2.39. The fourth-order valence-corrected chi connectivity index (χ4v) is 1.67. The highest BCUT2D eigenvalue weighted by Crippen LogP contribution is 2.25. The van der Waals surface area contributed by atoms with Crippen LogP contribution in [0.15, 0.2) is 42.5 Å². The summed E-state index contributed by atoms with van der Waals surface area (Å²) in [6.07, 6.45) is 0. The van der Waals surface area contributed by atoms with Gasteiger partial charge >= 0.3 is 5.97 Å². The molecule has 0 aromatic heterocycles. The molecule has 0 aliphatic heterocycles. The van der Waals surface area contributed by atoms with Crippen molar-refractivity contribution in [2.24, 2.45) is 0 Å². The van der Waals surface area contributed by atoms with E-state index in [9.17, 15) is 9.18 Å².